The van der Waals surface area contributed by atoms with Crippen molar-refractivity contribution in [3.63, 3.8) is 0 Å². The highest BCUT2D eigenvalue weighted by atomic mass is 19.1. The molecule has 1 amide bonds. The first-order valence-electron chi connectivity index (χ1n) is 7.54. The van der Waals surface area contributed by atoms with E-state index in [1.807, 2.05) is 6.08 Å². The Morgan fingerprint density at radius 1 is 1.13 bits per heavy atom. The van der Waals surface area contributed by atoms with Crippen LogP contribution >= 0.6 is 0 Å². The molecule has 23 heavy (non-hydrogen) atoms. The number of hydrogen-bond acceptors (Lipinski definition) is 2. The topological polar surface area (TPSA) is 66.4 Å². The van der Waals surface area contributed by atoms with Gasteiger partial charge in [-0.25, -0.2) is 13.6 Å². The van der Waals surface area contributed by atoms with Gasteiger partial charge in [0.25, 0.3) is 5.91 Å². The SMILES string of the molecule is C=CCCCCCC[C@H](NC(=O)c1cc(F)cc(F)c1)C(=O)O. The molecule has 0 saturated heterocycles. The third-order valence-corrected chi connectivity index (χ3v) is 3.38. The van der Waals surface area contributed by atoms with E-state index in [1.54, 1.807) is 0 Å². The Hall–Kier alpha value is -2.24. The normalized spacial score (nSPS) is 11.7. The zero-order chi connectivity index (χ0) is 17.2. The van der Waals surface area contributed by atoms with Crippen molar-refractivity contribution in [2.24, 2.45) is 0 Å². The number of amides is 1. The molecule has 0 bridgehead atoms. The second kappa shape index (κ2) is 9.71. The van der Waals surface area contributed by atoms with E-state index in [0.29, 0.717) is 12.5 Å². The minimum absolute atomic E-state index is 0.236. The van der Waals surface area contributed by atoms with Crippen LogP contribution < -0.4 is 5.32 Å². The summed E-state index contributed by atoms with van der Waals surface area (Å²) in [6.45, 7) is 3.63. The third-order valence-electron chi connectivity index (χ3n) is 3.38. The van der Waals surface area contributed by atoms with Crippen molar-refractivity contribution >= 4 is 11.9 Å². The molecule has 1 atom stereocenters. The Morgan fingerprint density at radius 2 is 1.74 bits per heavy atom. The van der Waals surface area contributed by atoms with Crippen molar-refractivity contribution in [2.45, 2.75) is 44.6 Å². The summed E-state index contributed by atoms with van der Waals surface area (Å²) in [7, 11) is 0. The van der Waals surface area contributed by atoms with Crippen LogP contribution in [0.25, 0.3) is 0 Å². The molecule has 0 unspecified atom stereocenters. The number of nitrogens with one attached hydrogen (secondary N) is 1. The van der Waals surface area contributed by atoms with Crippen LogP contribution in [0.2, 0.25) is 0 Å². The largest absolute Gasteiger partial charge is 0.480 e. The van der Waals surface area contributed by atoms with Crippen molar-refractivity contribution < 1.29 is 23.5 Å². The lowest BCUT2D eigenvalue weighted by Gasteiger charge is -2.14. The maximum absolute atomic E-state index is 13.1. The monoisotopic (exact) mass is 325 g/mol. The van der Waals surface area contributed by atoms with E-state index in [-0.39, 0.29) is 12.0 Å². The average molecular weight is 325 g/mol. The standard InChI is InChI=1S/C17H21F2NO3/c1-2-3-4-5-6-7-8-15(17(22)23)20-16(21)12-9-13(18)11-14(19)10-12/h2,9-11,15H,1,3-8H2,(H,20,21)(H,22,23)/t15-/m0/s1. The summed E-state index contributed by atoms with van der Waals surface area (Å²) in [6.07, 6.45) is 6.47. The van der Waals surface area contributed by atoms with Gasteiger partial charge < -0.3 is 10.4 Å². The number of carboxylic acid groups (broad SMARTS) is 1. The van der Waals surface area contributed by atoms with Gasteiger partial charge in [-0.2, -0.15) is 0 Å². The van der Waals surface area contributed by atoms with Gasteiger partial charge in [-0.1, -0.05) is 25.3 Å². The van der Waals surface area contributed by atoms with Gasteiger partial charge in [0.1, 0.15) is 17.7 Å². The molecule has 0 heterocycles. The van der Waals surface area contributed by atoms with Crippen molar-refractivity contribution in [1.82, 2.24) is 5.32 Å². The smallest absolute Gasteiger partial charge is 0.326 e. The van der Waals surface area contributed by atoms with Gasteiger partial charge in [0, 0.05) is 11.6 Å². The first-order chi connectivity index (χ1) is 10.9. The van der Waals surface area contributed by atoms with Gasteiger partial charge in [-0.05, 0) is 31.4 Å². The fraction of sp³-hybridized carbons (Fsp3) is 0.412. The zero-order valence-electron chi connectivity index (χ0n) is 12.9. The Bertz CT molecular complexity index is 541. The lowest BCUT2D eigenvalue weighted by molar-refractivity contribution is -0.139. The first-order valence-corrected chi connectivity index (χ1v) is 7.54. The number of carbonyl (C=O) groups is 2. The number of hydrogen-bond donors (Lipinski definition) is 2. The number of aliphatic carboxylic acids is 1. The van der Waals surface area contributed by atoms with Crippen LogP contribution in [-0.2, 0) is 4.79 Å². The van der Waals surface area contributed by atoms with E-state index in [1.165, 1.54) is 0 Å². The predicted molar refractivity (Wildman–Crippen MR) is 83.1 cm³/mol. The average Bonchev–Trinajstić information content (AvgIpc) is 2.48. The van der Waals surface area contributed by atoms with Gasteiger partial charge in [-0.15, -0.1) is 6.58 Å². The summed E-state index contributed by atoms with van der Waals surface area (Å²) in [5.74, 6) is -3.74. The Labute approximate surface area is 134 Å². The molecule has 6 heteroatoms. The summed E-state index contributed by atoms with van der Waals surface area (Å²) >= 11 is 0. The zero-order valence-corrected chi connectivity index (χ0v) is 12.9. The Kier molecular flexibility index (Phi) is 7.94. The molecule has 0 aliphatic carbocycles. The fourth-order valence-corrected chi connectivity index (χ4v) is 2.17. The minimum Gasteiger partial charge on any atom is -0.480 e. The van der Waals surface area contributed by atoms with Gasteiger partial charge in [0.2, 0.25) is 0 Å². The van der Waals surface area contributed by atoms with Crippen molar-refractivity contribution in [1.29, 1.82) is 0 Å². The molecule has 1 rings (SSSR count). The Balaban J connectivity index is 2.53. The third kappa shape index (κ3) is 7.04. The number of rotatable bonds is 10. The second-order valence-corrected chi connectivity index (χ2v) is 5.30. The van der Waals surface area contributed by atoms with Gasteiger partial charge >= 0.3 is 5.97 Å². The van der Waals surface area contributed by atoms with E-state index in [0.717, 1.165) is 37.8 Å². The number of allylic oxidation sites excluding steroid dienone is 1. The van der Waals surface area contributed by atoms with E-state index >= 15 is 0 Å². The van der Waals surface area contributed by atoms with E-state index in [4.69, 9.17) is 5.11 Å². The van der Waals surface area contributed by atoms with Crippen molar-refractivity contribution in [2.75, 3.05) is 0 Å². The second-order valence-electron chi connectivity index (χ2n) is 5.30. The molecule has 0 aliphatic rings. The maximum Gasteiger partial charge on any atom is 0.326 e. The molecule has 0 spiro atoms. The number of benzene rings is 1. The molecule has 126 valence electrons. The molecule has 0 aromatic heterocycles. The van der Waals surface area contributed by atoms with Crippen LogP contribution in [0.15, 0.2) is 30.9 Å². The number of carbonyl (C=O) groups excluding carboxylic acids is 1. The van der Waals surface area contributed by atoms with Gasteiger partial charge in [0.15, 0.2) is 0 Å². The molecule has 1 aromatic rings. The lowest BCUT2D eigenvalue weighted by Crippen LogP contribution is -2.40. The summed E-state index contributed by atoms with van der Waals surface area (Å²) in [4.78, 5) is 23.1. The number of carboxylic acids is 1. The van der Waals surface area contributed by atoms with Crippen molar-refractivity contribution in [3.8, 4) is 0 Å². The summed E-state index contributed by atoms with van der Waals surface area (Å²) < 4.78 is 26.2. The van der Waals surface area contributed by atoms with Crippen LogP contribution in [0.5, 0.6) is 0 Å². The molecule has 2 N–H and O–H groups in total. The summed E-state index contributed by atoms with van der Waals surface area (Å²) in [6, 6.07) is 1.31. The van der Waals surface area contributed by atoms with Crippen LogP contribution in [0.4, 0.5) is 8.78 Å². The summed E-state index contributed by atoms with van der Waals surface area (Å²) in [5.41, 5.74) is -0.236. The molecular weight excluding hydrogens is 304 g/mol. The lowest BCUT2D eigenvalue weighted by atomic mass is 10.1. The van der Waals surface area contributed by atoms with E-state index in [9.17, 15) is 18.4 Å². The van der Waals surface area contributed by atoms with Crippen LogP contribution in [0.3, 0.4) is 0 Å². The van der Waals surface area contributed by atoms with Gasteiger partial charge in [-0.3, -0.25) is 4.79 Å². The minimum atomic E-state index is -1.17. The highest BCUT2D eigenvalue weighted by Gasteiger charge is 2.20. The highest BCUT2D eigenvalue weighted by molar-refractivity contribution is 5.96. The van der Waals surface area contributed by atoms with Crippen LogP contribution in [0.1, 0.15) is 48.9 Å². The maximum atomic E-state index is 13.1. The Morgan fingerprint density at radius 3 is 2.30 bits per heavy atom. The number of halogens is 2. The molecule has 4 nitrogen and oxygen atoms in total. The van der Waals surface area contributed by atoms with Crippen LogP contribution in [0, 0.1) is 11.6 Å². The summed E-state index contributed by atoms with van der Waals surface area (Å²) in [5, 5.41) is 11.4. The van der Waals surface area contributed by atoms with Crippen molar-refractivity contribution in [3.05, 3.63) is 48.1 Å². The fourth-order valence-electron chi connectivity index (χ4n) is 2.17. The molecular formula is C17H21F2NO3. The molecule has 0 aliphatic heterocycles. The predicted octanol–water partition coefficient (Wildman–Crippen LogP) is 3.67. The molecule has 1 aromatic carbocycles. The van der Waals surface area contributed by atoms with Crippen LogP contribution in [-0.4, -0.2) is 23.0 Å². The number of unbranched alkanes of at least 4 members (excludes halogenated alkanes) is 4. The van der Waals surface area contributed by atoms with E-state index < -0.39 is 29.6 Å². The van der Waals surface area contributed by atoms with E-state index in [2.05, 4.69) is 11.9 Å². The highest BCUT2D eigenvalue weighted by Crippen LogP contribution is 2.11. The molecule has 0 fully saturated rings. The molecule has 0 saturated carbocycles. The quantitative estimate of drug-likeness (QED) is 0.509. The first kappa shape index (κ1) is 18.8. The van der Waals surface area contributed by atoms with Gasteiger partial charge in [0.05, 0.1) is 0 Å². The molecule has 0 radical (unpaired) electrons.